The number of rotatable bonds is 25. The number of aryl methyl sites for hydroxylation is 1. The zero-order chi connectivity index (χ0) is 36.6. The molecule has 0 bridgehead atoms. The Morgan fingerprint density at radius 3 is 1.94 bits per heavy atom. The van der Waals surface area contributed by atoms with Gasteiger partial charge in [0.1, 0.15) is 24.7 Å². The molecule has 1 aromatic rings. The second kappa shape index (κ2) is 20.5. The van der Waals surface area contributed by atoms with Crippen LogP contribution >= 0.6 is 0 Å². The zero-order valence-electron chi connectivity index (χ0n) is 32.2. The molecule has 0 aliphatic carbocycles. The minimum atomic E-state index is -2.33. The fourth-order valence-electron chi connectivity index (χ4n) is 6.09. The van der Waals surface area contributed by atoms with E-state index in [0.717, 1.165) is 18.2 Å². The Morgan fingerprint density at radius 1 is 0.812 bits per heavy atom. The van der Waals surface area contributed by atoms with Gasteiger partial charge in [0.25, 0.3) is 0 Å². The monoisotopic (exact) mass is 708 g/mol. The molecule has 0 spiro atoms. The van der Waals surface area contributed by atoms with Crippen LogP contribution in [0.1, 0.15) is 118 Å². The van der Waals surface area contributed by atoms with Crippen LogP contribution in [0.4, 0.5) is 0 Å². The van der Waals surface area contributed by atoms with Crippen LogP contribution in [0.3, 0.4) is 0 Å². The fraction of sp³-hybridized carbons (Fsp3) is 0.763. The minimum Gasteiger partial charge on any atom is -0.487 e. The van der Waals surface area contributed by atoms with Crippen LogP contribution in [-0.2, 0) is 34.4 Å². The van der Waals surface area contributed by atoms with Gasteiger partial charge in [0.05, 0.1) is 16.7 Å². The molecule has 0 aliphatic rings. The molecule has 1 rings (SSSR count). The summed E-state index contributed by atoms with van der Waals surface area (Å²) in [7, 11) is -4.20. The molecule has 4 unspecified atom stereocenters. The van der Waals surface area contributed by atoms with Gasteiger partial charge < -0.3 is 23.4 Å². The highest BCUT2D eigenvalue weighted by Crippen LogP contribution is 2.42. The van der Waals surface area contributed by atoms with Gasteiger partial charge in [-0.15, -0.1) is 0 Å². The van der Waals surface area contributed by atoms with Crippen molar-refractivity contribution < 1.29 is 37.8 Å². The summed E-state index contributed by atoms with van der Waals surface area (Å²) < 4.78 is 24.0. The van der Waals surface area contributed by atoms with Gasteiger partial charge in [-0.1, -0.05) is 78.4 Å². The van der Waals surface area contributed by atoms with Crippen LogP contribution in [-0.4, -0.2) is 58.6 Å². The summed E-state index contributed by atoms with van der Waals surface area (Å²) in [6.07, 6.45) is 10.3. The lowest BCUT2D eigenvalue weighted by Crippen LogP contribution is -2.49. The molecule has 4 atom stereocenters. The number of hydrogen-bond donors (Lipinski definition) is 1. The molecule has 276 valence electrons. The Labute approximate surface area is 294 Å². The van der Waals surface area contributed by atoms with Crippen molar-refractivity contribution in [3.05, 3.63) is 29.8 Å². The van der Waals surface area contributed by atoms with E-state index in [1.807, 2.05) is 32.2 Å². The predicted octanol–water partition coefficient (Wildman–Crippen LogP) is 9.74. The second-order valence-corrected chi connectivity index (χ2v) is 24.5. The minimum absolute atomic E-state index is 0.0365. The van der Waals surface area contributed by atoms with E-state index in [0.29, 0.717) is 6.42 Å². The van der Waals surface area contributed by atoms with Gasteiger partial charge in [-0.05, 0) is 103 Å². The van der Waals surface area contributed by atoms with Crippen molar-refractivity contribution in [2.24, 2.45) is 16.7 Å². The lowest BCUT2D eigenvalue weighted by Gasteiger charge is -2.37. The molecule has 10 heteroatoms. The molecule has 48 heavy (non-hydrogen) atoms. The van der Waals surface area contributed by atoms with E-state index in [-0.39, 0.29) is 31.8 Å². The van der Waals surface area contributed by atoms with E-state index in [1.54, 1.807) is 27.7 Å². The van der Waals surface area contributed by atoms with E-state index >= 15 is 0 Å². The van der Waals surface area contributed by atoms with Crippen molar-refractivity contribution in [2.75, 3.05) is 12.8 Å². The molecule has 0 fully saturated rings. The van der Waals surface area contributed by atoms with Gasteiger partial charge in [-0.25, -0.2) is 0 Å². The number of ether oxygens (including phenoxy) is 3. The van der Waals surface area contributed by atoms with Crippen molar-refractivity contribution in [3.8, 4) is 5.75 Å². The van der Waals surface area contributed by atoms with Crippen LogP contribution in [0.15, 0.2) is 24.3 Å². The van der Waals surface area contributed by atoms with Gasteiger partial charge in [0, 0.05) is 0 Å². The number of benzene rings is 1. The van der Waals surface area contributed by atoms with Gasteiger partial charge in [-0.2, -0.15) is 0 Å². The summed E-state index contributed by atoms with van der Waals surface area (Å²) in [5.74, 6) is -1.89. The quantitative estimate of drug-likeness (QED) is 0.0608. The second-order valence-electron chi connectivity index (χ2n) is 15.7. The highest BCUT2D eigenvalue weighted by molar-refractivity contribution is 6.84. The third kappa shape index (κ3) is 16.0. The Morgan fingerprint density at radius 2 is 1.40 bits per heavy atom. The summed E-state index contributed by atoms with van der Waals surface area (Å²) in [4.78, 5) is 39.2. The molecule has 0 saturated heterocycles. The van der Waals surface area contributed by atoms with Crippen LogP contribution in [0, 0.1) is 16.7 Å². The normalized spacial score (nSPS) is 15.9. The van der Waals surface area contributed by atoms with Crippen molar-refractivity contribution in [1.82, 2.24) is 0 Å². The Balaban J connectivity index is 2.79. The molecule has 0 saturated carbocycles. The fourth-order valence-corrected chi connectivity index (χ4v) is 13.4. The maximum atomic E-state index is 13.7. The van der Waals surface area contributed by atoms with Gasteiger partial charge >= 0.3 is 17.9 Å². The molecular formula is C38H68O8Si2. The van der Waals surface area contributed by atoms with E-state index in [2.05, 4.69) is 39.1 Å². The average molecular weight is 709 g/mol. The third-order valence-electron chi connectivity index (χ3n) is 9.47. The first-order chi connectivity index (χ1) is 22.3. The predicted molar refractivity (Wildman–Crippen MR) is 199 cm³/mol. The maximum Gasteiger partial charge on any atom is 0.311 e. The highest BCUT2D eigenvalue weighted by Gasteiger charge is 2.47. The summed E-state index contributed by atoms with van der Waals surface area (Å²) in [6, 6.07) is 9.07. The molecule has 0 heterocycles. The largest absolute Gasteiger partial charge is 0.487 e. The van der Waals surface area contributed by atoms with E-state index in [1.165, 1.54) is 50.5 Å². The summed E-state index contributed by atoms with van der Waals surface area (Å²) in [6.45, 7) is 21.5. The standard InChI is InChI=1S/C38H68O8Si2/c1-12-15-16-17-18-19-20-21-32-22-24-33(25-23-32)45-31(5)27-43-34(39)30(4)26-38(7,28-37(6,13-2)35(40)41)36(42)44-29-48(10,11)46-47(8,9)14-3/h22-25,30-31H,12-21,26-29H2,1-11H3,(H,40,41). The topological polar surface area (TPSA) is 108 Å². The Kier molecular flexibility index (Phi) is 18.7. The molecule has 8 nitrogen and oxygen atoms in total. The van der Waals surface area contributed by atoms with Crippen molar-refractivity contribution in [2.45, 2.75) is 157 Å². The van der Waals surface area contributed by atoms with E-state index < -0.39 is 51.3 Å². The van der Waals surface area contributed by atoms with Crippen LogP contribution in [0.25, 0.3) is 0 Å². The molecule has 0 amide bonds. The number of esters is 2. The smallest absolute Gasteiger partial charge is 0.311 e. The first-order valence-corrected chi connectivity index (χ1v) is 24.6. The van der Waals surface area contributed by atoms with E-state index in [4.69, 9.17) is 18.3 Å². The summed E-state index contributed by atoms with van der Waals surface area (Å²) >= 11 is 0. The van der Waals surface area contributed by atoms with Crippen LogP contribution in [0.2, 0.25) is 32.2 Å². The SMILES string of the molecule is CCCCCCCCCc1ccc(OC(C)COC(=O)C(C)CC(C)(CC(C)(CC)C(=O)O)C(=O)OC[Si](C)(C)O[Si](C)(C)CC)cc1. The highest BCUT2D eigenvalue weighted by atomic mass is 28.4. The van der Waals surface area contributed by atoms with Gasteiger partial charge in [0.15, 0.2) is 8.32 Å². The van der Waals surface area contributed by atoms with Crippen LogP contribution in [0.5, 0.6) is 5.75 Å². The number of carbonyl (C=O) groups excluding carboxylic acids is 2. The third-order valence-corrected chi connectivity index (χ3v) is 16.4. The van der Waals surface area contributed by atoms with Crippen molar-refractivity contribution in [3.63, 3.8) is 0 Å². The number of carboxylic acids is 1. The van der Waals surface area contributed by atoms with Gasteiger partial charge in [-0.3, -0.25) is 14.4 Å². The number of carbonyl (C=O) groups is 3. The van der Waals surface area contributed by atoms with Gasteiger partial charge in [0.2, 0.25) is 8.32 Å². The van der Waals surface area contributed by atoms with Crippen molar-refractivity contribution in [1.29, 1.82) is 0 Å². The number of aliphatic carboxylic acids is 1. The number of unbranched alkanes of at least 4 members (excludes halogenated alkanes) is 6. The molecule has 0 aliphatic heterocycles. The van der Waals surface area contributed by atoms with Crippen LogP contribution < -0.4 is 4.74 Å². The first-order valence-electron chi connectivity index (χ1n) is 18.3. The zero-order valence-corrected chi connectivity index (χ0v) is 34.2. The molecular weight excluding hydrogens is 641 g/mol. The molecule has 1 aromatic carbocycles. The first kappa shape index (κ1) is 43.8. The molecule has 1 N–H and O–H groups in total. The summed E-state index contributed by atoms with van der Waals surface area (Å²) in [5.41, 5.74) is -1.09. The molecule has 0 aromatic heterocycles. The maximum absolute atomic E-state index is 13.7. The number of carboxylic acid groups (broad SMARTS) is 1. The summed E-state index contributed by atoms with van der Waals surface area (Å²) in [5, 5.41) is 10.0. The average Bonchev–Trinajstić information content (AvgIpc) is 3.02. The molecule has 0 radical (unpaired) electrons. The van der Waals surface area contributed by atoms with E-state index in [9.17, 15) is 19.5 Å². The Bertz CT molecular complexity index is 1120. The lowest BCUT2D eigenvalue weighted by molar-refractivity contribution is -0.163. The Hall–Kier alpha value is -2.18. The lowest BCUT2D eigenvalue weighted by atomic mass is 9.68. The number of hydrogen-bond acceptors (Lipinski definition) is 7. The van der Waals surface area contributed by atoms with Crippen molar-refractivity contribution >= 4 is 34.5 Å².